The van der Waals surface area contributed by atoms with Gasteiger partial charge in [-0.05, 0) is 25.3 Å². The fourth-order valence-electron chi connectivity index (χ4n) is 3.15. The highest BCUT2D eigenvalue weighted by molar-refractivity contribution is 7.09. The van der Waals surface area contributed by atoms with Gasteiger partial charge < -0.3 is 5.32 Å². The van der Waals surface area contributed by atoms with Gasteiger partial charge in [0.1, 0.15) is 0 Å². The van der Waals surface area contributed by atoms with E-state index in [9.17, 15) is 0 Å². The van der Waals surface area contributed by atoms with E-state index in [0.29, 0.717) is 5.92 Å². The highest BCUT2D eigenvalue weighted by atomic mass is 32.1. The first-order valence-corrected chi connectivity index (χ1v) is 8.00. The van der Waals surface area contributed by atoms with Gasteiger partial charge in [0.05, 0.1) is 10.7 Å². The molecule has 0 spiro atoms. The van der Waals surface area contributed by atoms with Crippen molar-refractivity contribution in [3.05, 3.63) is 16.1 Å². The Morgan fingerprint density at radius 3 is 3.11 bits per heavy atom. The molecule has 1 N–H and O–H groups in total. The molecule has 0 aliphatic carbocycles. The van der Waals surface area contributed by atoms with E-state index in [4.69, 9.17) is 4.98 Å². The molecule has 2 aliphatic heterocycles. The maximum absolute atomic E-state index is 4.75. The van der Waals surface area contributed by atoms with Crippen LogP contribution < -0.4 is 5.32 Å². The Balaban J connectivity index is 1.59. The standard InChI is InChI=1S/C14H23N3S/c1-10(2)14-16-12(9-18-14)7-17-6-11-4-3-5-15-13(11)8-17/h9-11,13,15H,3-8H2,1-2H3. The zero-order chi connectivity index (χ0) is 12.5. The summed E-state index contributed by atoms with van der Waals surface area (Å²) >= 11 is 1.81. The van der Waals surface area contributed by atoms with Crippen LogP contribution in [0.1, 0.15) is 43.3 Å². The normalized spacial score (nSPS) is 28.8. The van der Waals surface area contributed by atoms with Gasteiger partial charge in [0.25, 0.3) is 0 Å². The van der Waals surface area contributed by atoms with E-state index in [1.165, 1.54) is 43.2 Å². The number of nitrogens with zero attached hydrogens (tertiary/aromatic N) is 2. The maximum Gasteiger partial charge on any atom is 0.0954 e. The zero-order valence-corrected chi connectivity index (χ0v) is 12.2. The largest absolute Gasteiger partial charge is 0.312 e. The van der Waals surface area contributed by atoms with Gasteiger partial charge in [-0.15, -0.1) is 11.3 Å². The van der Waals surface area contributed by atoms with Crippen molar-refractivity contribution < 1.29 is 0 Å². The quantitative estimate of drug-likeness (QED) is 0.910. The summed E-state index contributed by atoms with van der Waals surface area (Å²) in [4.78, 5) is 7.32. The summed E-state index contributed by atoms with van der Waals surface area (Å²) in [7, 11) is 0. The van der Waals surface area contributed by atoms with Crippen LogP contribution in [-0.4, -0.2) is 35.6 Å². The number of hydrogen-bond donors (Lipinski definition) is 1. The molecule has 100 valence electrons. The Hall–Kier alpha value is -0.450. The Morgan fingerprint density at radius 2 is 2.39 bits per heavy atom. The van der Waals surface area contributed by atoms with Crippen LogP contribution in [0.5, 0.6) is 0 Å². The molecular weight excluding hydrogens is 242 g/mol. The van der Waals surface area contributed by atoms with Gasteiger partial charge in [0.15, 0.2) is 0 Å². The van der Waals surface area contributed by atoms with Crippen molar-refractivity contribution >= 4 is 11.3 Å². The second-order valence-electron chi connectivity index (χ2n) is 5.99. The lowest BCUT2D eigenvalue weighted by Crippen LogP contribution is -2.40. The van der Waals surface area contributed by atoms with Gasteiger partial charge >= 0.3 is 0 Å². The Morgan fingerprint density at radius 1 is 1.50 bits per heavy atom. The van der Waals surface area contributed by atoms with Crippen molar-refractivity contribution in [3.63, 3.8) is 0 Å². The molecular formula is C14H23N3S. The van der Waals surface area contributed by atoms with E-state index in [2.05, 4.69) is 29.4 Å². The summed E-state index contributed by atoms with van der Waals surface area (Å²) < 4.78 is 0. The lowest BCUT2D eigenvalue weighted by Gasteiger charge is -2.24. The summed E-state index contributed by atoms with van der Waals surface area (Å²) in [5.41, 5.74) is 1.27. The number of aromatic nitrogens is 1. The number of rotatable bonds is 3. The van der Waals surface area contributed by atoms with E-state index < -0.39 is 0 Å². The third-order valence-electron chi connectivity index (χ3n) is 4.12. The third-order valence-corrected chi connectivity index (χ3v) is 5.32. The highest BCUT2D eigenvalue weighted by Crippen LogP contribution is 2.27. The lowest BCUT2D eigenvalue weighted by molar-refractivity contribution is 0.309. The van der Waals surface area contributed by atoms with Gasteiger partial charge in [-0.2, -0.15) is 0 Å². The third kappa shape index (κ3) is 2.60. The minimum absolute atomic E-state index is 0.562. The Kier molecular flexibility index (Phi) is 3.68. The number of thiazole rings is 1. The van der Waals surface area contributed by atoms with Crippen LogP contribution in [0.15, 0.2) is 5.38 Å². The van der Waals surface area contributed by atoms with Gasteiger partial charge in [-0.3, -0.25) is 4.90 Å². The van der Waals surface area contributed by atoms with Crippen LogP contribution in [-0.2, 0) is 6.54 Å². The van der Waals surface area contributed by atoms with Crippen molar-refractivity contribution in [2.45, 2.75) is 45.2 Å². The molecule has 1 aromatic heterocycles. The van der Waals surface area contributed by atoms with Crippen LogP contribution in [0.2, 0.25) is 0 Å². The molecule has 0 amide bonds. The molecule has 0 saturated carbocycles. The molecule has 1 aromatic rings. The van der Waals surface area contributed by atoms with E-state index in [0.717, 1.165) is 18.5 Å². The van der Waals surface area contributed by atoms with Crippen molar-refractivity contribution in [1.82, 2.24) is 15.2 Å². The predicted octanol–water partition coefficient (Wildman–Crippen LogP) is 2.45. The van der Waals surface area contributed by atoms with Crippen LogP contribution in [0.25, 0.3) is 0 Å². The summed E-state index contributed by atoms with van der Waals surface area (Å²) in [6, 6.07) is 0.738. The first-order valence-electron chi connectivity index (χ1n) is 7.12. The minimum Gasteiger partial charge on any atom is -0.312 e. The van der Waals surface area contributed by atoms with Gasteiger partial charge in [0, 0.05) is 37.0 Å². The predicted molar refractivity (Wildman–Crippen MR) is 76.0 cm³/mol. The van der Waals surface area contributed by atoms with Crippen molar-refractivity contribution in [3.8, 4) is 0 Å². The second-order valence-corrected chi connectivity index (χ2v) is 6.88. The van der Waals surface area contributed by atoms with Crippen molar-refractivity contribution in [2.24, 2.45) is 5.92 Å². The zero-order valence-electron chi connectivity index (χ0n) is 11.4. The summed E-state index contributed by atoms with van der Waals surface area (Å²) in [6.07, 6.45) is 2.76. The van der Waals surface area contributed by atoms with E-state index in [1.54, 1.807) is 0 Å². The molecule has 0 radical (unpaired) electrons. The minimum atomic E-state index is 0.562. The fourth-order valence-corrected chi connectivity index (χ4v) is 3.98. The molecule has 3 heterocycles. The van der Waals surface area contributed by atoms with Crippen LogP contribution in [0, 0.1) is 5.92 Å². The first-order chi connectivity index (χ1) is 8.72. The van der Waals surface area contributed by atoms with Gasteiger partial charge in [-0.1, -0.05) is 13.8 Å². The molecule has 2 saturated heterocycles. The monoisotopic (exact) mass is 265 g/mol. The molecule has 0 bridgehead atoms. The average Bonchev–Trinajstić information content (AvgIpc) is 2.94. The Labute approximate surface area is 114 Å². The van der Waals surface area contributed by atoms with E-state index in [1.807, 2.05) is 11.3 Å². The molecule has 2 unspecified atom stereocenters. The fraction of sp³-hybridized carbons (Fsp3) is 0.786. The number of nitrogens with one attached hydrogen (secondary N) is 1. The number of piperidine rings is 1. The molecule has 3 nitrogen and oxygen atoms in total. The maximum atomic E-state index is 4.75. The highest BCUT2D eigenvalue weighted by Gasteiger charge is 2.34. The summed E-state index contributed by atoms with van der Waals surface area (Å²) in [5.74, 6) is 1.44. The first kappa shape index (κ1) is 12.6. The van der Waals surface area contributed by atoms with Gasteiger partial charge in [-0.25, -0.2) is 4.98 Å². The molecule has 0 aromatic carbocycles. The smallest absolute Gasteiger partial charge is 0.0954 e. The van der Waals surface area contributed by atoms with Gasteiger partial charge in [0.2, 0.25) is 0 Å². The van der Waals surface area contributed by atoms with Crippen LogP contribution in [0.4, 0.5) is 0 Å². The molecule has 18 heavy (non-hydrogen) atoms. The van der Waals surface area contributed by atoms with E-state index in [-0.39, 0.29) is 0 Å². The number of hydrogen-bond acceptors (Lipinski definition) is 4. The van der Waals surface area contributed by atoms with E-state index >= 15 is 0 Å². The summed E-state index contributed by atoms with van der Waals surface area (Å²) in [6.45, 7) is 9.15. The topological polar surface area (TPSA) is 28.2 Å². The van der Waals surface area contributed by atoms with Crippen LogP contribution in [0.3, 0.4) is 0 Å². The van der Waals surface area contributed by atoms with Crippen LogP contribution >= 0.6 is 11.3 Å². The number of likely N-dealkylation sites (tertiary alicyclic amines) is 1. The second kappa shape index (κ2) is 5.27. The number of fused-ring (bicyclic) bond motifs is 1. The molecule has 3 rings (SSSR count). The van der Waals surface area contributed by atoms with Crippen molar-refractivity contribution in [2.75, 3.05) is 19.6 Å². The average molecular weight is 265 g/mol. The molecule has 2 atom stereocenters. The molecule has 2 aliphatic rings. The molecule has 2 fully saturated rings. The Bertz CT molecular complexity index is 387. The molecule has 4 heteroatoms. The summed E-state index contributed by atoms with van der Waals surface area (Å²) in [5, 5.41) is 7.18. The lowest BCUT2D eigenvalue weighted by atomic mass is 9.94. The van der Waals surface area contributed by atoms with Crippen molar-refractivity contribution in [1.29, 1.82) is 0 Å². The SMILES string of the molecule is CC(C)c1nc(CN2CC3CCCNC3C2)cs1.